The Morgan fingerprint density at radius 1 is 1.45 bits per heavy atom. The minimum Gasteiger partial charge on any atom is -0.373 e. The zero-order valence-electron chi connectivity index (χ0n) is 11.4. The van der Waals surface area contributed by atoms with E-state index in [1.807, 2.05) is 13.2 Å². The molecule has 0 aliphatic carbocycles. The van der Waals surface area contributed by atoms with Crippen molar-refractivity contribution in [3.63, 3.8) is 0 Å². The zero-order valence-corrected chi connectivity index (χ0v) is 12.1. The number of nitrogens with one attached hydrogen (secondary N) is 2. The number of carbonyl (C=O) groups is 1. The molecule has 2 N–H and O–H groups in total. The molecule has 2 aromatic rings. The van der Waals surface area contributed by atoms with Gasteiger partial charge in [0.25, 0.3) is 5.91 Å². The summed E-state index contributed by atoms with van der Waals surface area (Å²) in [6.07, 6.45) is 4.44. The molecular weight excluding hydrogens is 278 g/mol. The Hall–Kier alpha value is -2.08. The average molecular weight is 294 g/mol. The third-order valence-electron chi connectivity index (χ3n) is 2.77. The van der Waals surface area contributed by atoms with E-state index in [0.29, 0.717) is 17.9 Å². The van der Waals surface area contributed by atoms with E-state index in [0.717, 1.165) is 12.0 Å². The summed E-state index contributed by atoms with van der Waals surface area (Å²) in [5.41, 5.74) is 1.57. The Kier molecular flexibility index (Phi) is 4.57. The lowest BCUT2D eigenvalue weighted by Crippen LogP contribution is -2.25. The maximum atomic E-state index is 12.0. The minimum atomic E-state index is -0.172. The van der Waals surface area contributed by atoms with Crippen molar-refractivity contribution in [3.8, 4) is 0 Å². The van der Waals surface area contributed by atoms with Crippen LogP contribution in [0.2, 0.25) is 5.15 Å². The van der Waals surface area contributed by atoms with Crippen LogP contribution in [0.1, 0.15) is 15.9 Å². The second-order valence-corrected chi connectivity index (χ2v) is 4.73. The molecule has 0 spiro atoms. The van der Waals surface area contributed by atoms with Crippen LogP contribution in [0.25, 0.3) is 0 Å². The number of halogens is 1. The number of aryl methyl sites for hydroxylation is 1. The van der Waals surface area contributed by atoms with Gasteiger partial charge in [-0.25, -0.2) is 4.98 Å². The Balaban J connectivity index is 1.93. The molecular formula is C13H16ClN5O. The molecule has 7 heteroatoms. The molecule has 2 aromatic heterocycles. The minimum absolute atomic E-state index is 0.172. The Labute approximate surface area is 122 Å². The standard InChI is InChI=1S/C13H16ClN5O/c1-15-12-6-10(5-11(14)18-12)13(20)16-4-3-9-7-17-19(2)8-9/h5-8H,3-4H2,1-2H3,(H,15,18)(H,16,20). The van der Waals surface area contributed by atoms with E-state index in [9.17, 15) is 4.79 Å². The lowest BCUT2D eigenvalue weighted by Gasteiger charge is -2.06. The van der Waals surface area contributed by atoms with Crippen molar-refractivity contribution >= 4 is 23.3 Å². The fourth-order valence-electron chi connectivity index (χ4n) is 1.78. The van der Waals surface area contributed by atoms with Crippen LogP contribution in [0, 0.1) is 0 Å². The highest BCUT2D eigenvalue weighted by atomic mass is 35.5. The Morgan fingerprint density at radius 3 is 2.90 bits per heavy atom. The van der Waals surface area contributed by atoms with Gasteiger partial charge in [-0.15, -0.1) is 0 Å². The first-order valence-electron chi connectivity index (χ1n) is 6.19. The summed E-state index contributed by atoms with van der Waals surface area (Å²) in [7, 11) is 3.59. The summed E-state index contributed by atoms with van der Waals surface area (Å²) >= 11 is 5.86. The molecule has 1 amide bonds. The van der Waals surface area contributed by atoms with Gasteiger partial charge < -0.3 is 10.6 Å². The highest BCUT2D eigenvalue weighted by molar-refractivity contribution is 6.29. The van der Waals surface area contributed by atoms with E-state index < -0.39 is 0 Å². The van der Waals surface area contributed by atoms with Crippen molar-refractivity contribution < 1.29 is 4.79 Å². The van der Waals surface area contributed by atoms with E-state index in [4.69, 9.17) is 11.6 Å². The number of hydrogen-bond donors (Lipinski definition) is 2. The molecule has 20 heavy (non-hydrogen) atoms. The van der Waals surface area contributed by atoms with Crippen LogP contribution in [0.4, 0.5) is 5.82 Å². The van der Waals surface area contributed by atoms with Crippen LogP contribution in [-0.2, 0) is 13.5 Å². The summed E-state index contributed by atoms with van der Waals surface area (Å²) in [5, 5.41) is 10.1. The molecule has 0 aliphatic rings. The molecule has 0 saturated heterocycles. The van der Waals surface area contributed by atoms with Gasteiger partial charge in [-0.3, -0.25) is 9.48 Å². The van der Waals surface area contributed by atoms with Gasteiger partial charge in [-0.05, 0) is 24.1 Å². The first-order valence-corrected chi connectivity index (χ1v) is 6.57. The van der Waals surface area contributed by atoms with Crippen molar-refractivity contribution in [2.75, 3.05) is 18.9 Å². The van der Waals surface area contributed by atoms with Crippen molar-refractivity contribution in [2.24, 2.45) is 7.05 Å². The molecule has 0 unspecified atom stereocenters. The van der Waals surface area contributed by atoms with Gasteiger partial charge in [0, 0.05) is 32.4 Å². The molecule has 0 aromatic carbocycles. The number of amides is 1. The van der Waals surface area contributed by atoms with Gasteiger partial charge in [0.2, 0.25) is 0 Å². The SMILES string of the molecule is CNc1cc(C(=O)NCCc2cnn(C)c2)cc(Cl)n1. The third-order valence-corrected chi connectivity index (χ3v) is 2.96. The fraction of sp³-hybridized carbons (Fsp3) is 0.308. The number of aromatic nitrogens is 3. The summed E-state index contributed by atoms with van der Waals surface area (Å²) in [4.78, 5) is 16.0. The lowest BCUT2D eigenvalue weighted by molar-refractivity contribution is 0.0954. The first-order chi connectivity index (χ1) is 9.58. The van der Waals surface area contributed by atoms with Crippen molar-refractivity contribution in [3.05, 3.63) is 40.8 Å². The number of nitrogens with zero attached hydrogens (tertiary/aromatic N) is 3. The number of anilines is 1. The van der Waals surface area contributed by atoms with E-state index in [1.54, 1.807) is 30.1 Å². The van der Waals surface area contributed by atoms with E-state index >= 15 is 0 Å². The van der Waals surface area contributed by atoms with Crippen LogP contribution in [0.15, 0.2) is 24.5 Å². The maximum Gasteiger partial charge on any atom is 0.251 e. The van der Waals surface area contributed by atoms with Gasteiger partial charge in [0.05, 0.1) is 6.20 Å². The van der Waals surface area contributed by atoms with Crippen LogP contribution in [-0.4, -0.2) is 34.3 Å². The second kappa shape index (κ2) is 6.38. The molecule has 0 aliphatic heterocycles. The maximum absolute atomic E-state index is 12.0. The van der Waals surface area contributed by atoms with Gasteiger partial charge in [-0.2, -0.15) is 5.10 Å². The number of pyridine rings is 1. The number of rotatable bonds is 5. The summed E-state index contributed by atoms with van der Waals surface area (Å²) in [6.45, 7) is 0.541. The van der Waals surface area contributed by atoms with Gasteiger partial charge in [0.15, 0.2) is 0 Å². The second-order valence-electron chi connectivity index (χ2n) is 4.34. The molecule has 0 saturated carbocycles. The van der Waals surface area contributed by atoms with Crippen LogP contribution < -0.4 is 10.6 Å². The largest absolute Gasteiger partial charge is 0.373 e. The zero-order chi connectivity index (χ0) is 14.5. The average Bonchev–Trinajstić information content (AvgIpc) is 2.83. The normalized spacial score (nSPS) is 10.3. The van der Waals surface area contributed by atoms with Crippen LogP contribution in [0.3, 0.4) is 0 Å². The molecule has 106 valence electrons. The first kappa shape index (κ1) is 14.3. The third kappa shape index (κ3) is 3.71. The molecule has 0 atom stereocenters. The Bertz CT molecular complexity index is 611. The highest BCUT2D eigenvalue weighted by Gasteiger charge is 2.08. The molecule has 2 heterocycles. The smallest absolute Gasteiger partial charge is 0.251 e. The number of carbonyl (C=O) groups excluding carboxylic acids is 1. The number of hydrogen-bond acceptors (Lipinski definition) is 4. The molecule has 0 radical (unpaired) electrons. The Morgan fingerprint density at radius 2 is 2.25 bits per heavy atom. The molecule has 0 bridgehead atoms. The van der Waals surface area contributed by atoms with Crippen molar-refractivity contribution in [1.29, 1.82) is 0 Å². The van der Waals surface area contributed by atoms with E-state index in [2.05, 4.69) is 20.7 Å². The predicted molar refractivity (Wildman–Crippen MR) is 78.0 cm³/mol. The predicted octanol–water partition coefficient (Wildman–Crippen LogP) is 1.48. The van der Waals surface area contributed by atoms with E-state index in [-0.39, 0.29) is 11.1 Å². The van der Waals surface area contributed by atoms with Gasteiger partial charge >= 0.3 is 0 Å². The molecule has 2 rings (SSSR count). The summed E-state index contributed by atoms with van der Waals surface area (Å²) in [6, 6.07) is 3.20. The fourth-order valence-corrected chi connectivity index (χ4v) is 1.99. The van der Waals surface area contributed by atoms with E-state index in [1.165, 1.54) is 0 Å². The quantitative estimate of drug-likeness (QED) is 0.819. The van der Waals surface area contributed by atoms with Crippen molar-refractivity contribution in [2.45, 2.75) is 6.42 Å². The van der Waals surface area contributed by atoms with Crippen molar-refractivity contribution in [1.82, 2.24) is 20.1 Å². The van der Waals surface area contributed by atoms with Gasteiger partial charge in [-0.1, -0.05) is 11.6 Å². The molecule has 0 fully saturated rings. The van der Waals surface area contributed by atoms with Crippen LogP contribution in [0.5, 0.6) is 0 Å². The lowest BCUT2D eigenvalue weighted by atomic mass is 10.2. The topological polar surface area (TPSA) is 71.8 Å². The van der Waals surface area contributed by atoms with Gasteiger partial charge in [0.1, 0.15) is 11.0 Å². The highest BCUT2D eigenvalue weighted by Crippen LogP contribution is 2.14. The monoisotopic (exact) mass is 293 g/mol. The molecule has 6 nitrogen and oxygen atoms in total. The van der Waals surface area contributed by atoms with Crippen LogP contribution >= 0.6 is 11.6 Å². The summed E-state index contributed by atoms with van der Waals surface area (Å²) < 4.78 is 1.74. The summed E-state index contributed by atoms with van der Waals surface area (Å²) in [5.74, 6) is 0.393.